The molecular weight excluding hydrogens is 218 g/mol. The number of nitro benzene ring substituents is 1. The van der Waals surface area contributed by atoms with Crippen LogP contribution in [0.25, 0.3) is 21.9 Å². The van der Waals surface area contributed by atoms with Gasteiger partial charge in [0.1, 0.15) is 5.58 Å². The van der Waals surface area contributed by atoms with E-state index in [0.29, 0.717) is 11.2 Å². The number of para-hydroxylation sites is 1. The van der Waals surface area contributed by atoms with Gasteiger partial charge in [0.25, 0.3) is 0 Å². The number of aryl methyl sites for hydroxylation is 1. The molecule has 0 aliphatic rings. The van der Waals surface area contributed by atoms with Gasteiger partial charge in [-0.3, -0.25) is 10.1 Å². The van der Waals surface area contributed by atoms with E-state index >= 15 is 0 Å². The van der Waals surface area contributed by atoms with Crippen molar-refractivity contribution in [1.29, 1.82) is 0 Å². The van der Waals surface area contributed by atoms with Gasteiger partial charge in [-0.15, -0.1) is 0 Å². The van der Waals surface area contributed by atoms with Crippen LogP contribution in [0.1, 0.15) is 5.56 Å². The van der Waals surface area contributed by atoms with Crippen molar-refractivity contribution in [3.8, 4) is 0 Å². The summed E-state index contributed by atoms with van der Waals surface area (Å²) >= 11 is 0. The van der Waals surface area contributed by atoms with Crippen LogP contribution in [-0.2, 0) is 0 Å². The third kappa shape index (κ3) is 1.38. The van der Waals surface area contributed by atoms with Gasteiger partial charge in [-0.25, -0.2) is 0 Å². The Hall–Kier alpha value is -2.36. The number of nitrogens with zero attached hydrogens (tertiary/aromatic N) is 1. The van der Waals surface area contributed by atoms with Gasteiger partial charge in [-0.2, -0.15) is 0 Å². The maximum Gasteiger partial charge on any atom is 0.312 e. The molecule has 1 aromatic heterocycles. The summed E-state index contributed by atoms with van der Waals surface area (Å²) in [6, 6.07) is 10.8. The lowest BCUT2D eigenvalue weighted by molar-refractivity contribution is -0.383. The van der Waals surface area contributed by atoms with Gasteiger partial charge < -0.3 is 4.42 Å². The fourth-order valence-corrected chi connectivity index (χ4v) is 2.03. The molecule has 0 spiro atoms. The van der Waals surface area contributed by atoms with E-state index in [9.17, 15) is 10.1 Å². The van der Waals surface area contributed by atoms with Crippen LogP contribution in [0.4, 0.5) is 5.69 Å². The van der Waals surface area contributed by atoms with E-state index < -0.39 is 4.92 Å². The molecule has 17 heavy (non-hydrogen) atoms. The maximum atomic E-state index is 10.9. The molecule has 3 aromatic rings. The number of furan rings is 1. The highest BCUT2D eigenvalue weighted by atomic mass is 16.6. The molecule has 0 amide bonds. The topological polar surface area (TPSA) is 56.3 Å². The normalized spacial score (nSPS) is 11.1. The van der Waals surface area contributed by atoms with Gasteiger partial charge in [0.2, 0.25) is 5.58 Å². The Balaban J connectivity index is 2.50. The number of hydrogen-bond donors (Lipinski definition) is 0. The maximum absolute atomic E-state index is 10.9. The number of fused-ring (bicyclic) bond motifs is 3. The first kappa shape index (κ1) is 9.84. The Morgan fingerprint density at radius 2 is 2.00 bits per heavy atom. The second-order valence-corrected chi connectivity index (χ2v) is 4.01. The van der Waals surface area contributed by atoms with E-state index in [1.165, 1.54) is 6.07 Å². The van der Waals surface area contributed by atoms with E-state index in [1.807, 2.05) is 31.2 Å². The zero-order valence-corrected chi connectivity index (χ0v) is 9.14. The summed E-state index contributed by atoms with van der Waals surface area (Å²) in [6.07, 6.45) is 0. The molecule has 0 fully saturated rings. The first-order chi connectivity index (χ1) is 8.16. The van der Waals surface area contributed by atoms with Gasteiger partial charge in [0.15, 0.2) is 0 Å². The second kappa shape index (κ2) is 3.31. The number of hydrogen-bond acceptors (Lipinski definition) is 3. The van der Waals surface area contributed by atoms with Crippen LogP contribution in [0.3, 0.4) is 0 Å². The van der Waals surface area contributed by atoms with E-state index in [0.717, 1.165) is 16.3 Å². The lowest BCUT2D eigenvalue weighted by Gasteiger charge is -1.91. The summed E-state index contributed by atoms with van der Waals surface area (Å²) in [4.78, 5) is 10.5. The summed E-state index contributed by atoms with van der Waals surface area (Å²) in [5.41, 5.74) is 2.11. The average molecular weight is 227 g/mol. The number of nitro groups is 1. The molecule has 0 atom stereocenters. The molecule has 0 aliphatic carbocycles. The molecule has 0 N–H and O–H groups in total. The molecule has 0 unspecified atom stereocenters. The monoisotopic (exact) mass is 227 g/mol. The highest BCUT2D eigenvalue weighted by molar-refractivity contribution is 6.07. The highest BCUT2D eigenvalue weighted by Gasteiger charge is 2.17. The largest absolute Gasteiger partial charge is 0.449 e. The minimum Gasteiger partial charge on any atom is -0.449 e. The van der Waals surface area contributed by atoms with Crippen LogP contribution in [0.15, 0.2) is 40.8 Å². The Morgan fingerprint density at radius 1 is 1.18 bits per heavy atom. The van der Waals surface area contributed by atoms with Gasteiger partial charge in [-0.1, -0.05) is 18.2 Å². The Morgan fingerprint density at radius 3 is 2.76 bits per heavy atom. The van der Waals surface area contributed by atoms with E-state index in [2.05, 4.69) is 0 Å². The highest BCUT2D eigenvalue weighted by Crippen LogP contribution is 2.34. The van der Waals surface area contributed by atoms with Crippen LogP contribution in [0.5, 0.6) is 0 Å². The molecule has 2 aromatic carbocycles. The van der Waals surface area contributed by atoms with E-state index in [1.54, 1.807) is 6.07 Å². The van der Waals surface area contributed by atoms with Crippen molar-refractivity contribution in [2.24, 2.45) is 0 Å². The summed E-state index contributed by atoms with van der Waals surface area (Å²) in [5, 5.41) is 12.6. The van der Waals surface area contributed by atoms with Gasteiger partial charge >= 0.3 is 5.69 Å². The third-order valence-electron chi connectivity index (χ3n) is 2.83. The fraction of sp³-hybridized carbons (Fsp3) is 0.0769. The molecular formula is C13H9NO3. The number of benzene rings is 2. The quantitative estimate of drug-likeness (QED) is 0.469. The average Bonchev–Trinajstić information content (AvgIpc) is 2.65. The third-order valence-corrected chi connectivity index (χ3v) is 2.83. The Kier molecular flexibility index (Phi) is 1.92. The van der Waals surface area contributed by atoms with E-state index in [4.69, 9.17) is 4.42 Å². The van der Waals surface area contributed by atoms with Crippen molar-refractivity contribution >= 4 is 27.6 Å². The number of rotatable bonds is 1. The van der Waals surface area contributed by atoms with Gasteiger partial charge in [-0.05, 0) is 24.6 Å². The van der Waals surface area contributed by atoms with Gasteiger partial charge in [0.05, 0.1) is 4.92 Å². The lowest BCUT2D eigenvalue weighted by Crippen LogP contribution is -1.86. The van der Waals surface area contributed by atoms with Crippen LogP contribution in [-0.4, -0.2) is 4.92 Å². The molecule has 0 radical (unpaired) electrons. The van der Waals surface area contributed by atoms with Crippen LogP contribution in [0, 0.1) is 17.0 Å². The standard InChI is InChI=1S/C13H9NO3/c1-8-5-6-9-10-3-2-4-11(14(15)16)13(10)17-12(9)7-8/h2-7H,1H3. The molecule has 0 saturated heterocycles. The zero-order valence-electron chi connectivity index (χ0n) is 9.14. The lowest BCUT2D eigenvalue weighted by atomic mass is 10.1. The summed E-state index contributed by atoms with van der Waals surface area (Å²) < 4.78 is 5.58. The van der Waals surface area contributed by atoms with E-state index in [-0.39, 0.29) is 5.69 Å². The van der Waals surface area contributed by atoms with Crippen molar-refractivity contribution in [3.63, 3.8) is 0 Å². The van der Waals surface area contributed by atoms with Crippen LogP contribution < -0.4 is 0 Å². The predicted octanol–water partition coefficient (Wildman–Crippen LogP) is 3.80. The smallest absolute Gasteiger partial charge is 0.312 e. The summed E-state index contributed by atoms with van der Waals surface area (Å²) in [7, 11) is 0. The van der Waals surface area contributed by atoms with Crippen molar-refractivity contribution < 1.29 is 9.34 Å². The molecule has 0 saturated carbocycles. The molecule has 4 nitrogen and oxygen atoms in total. The zero-order chi connectivity index (χ0) is 12.0. The van der Waals surface area contributed by atoms with Crippen LogP contribution >= 0.6 is 0 Å². The van der Waals surface area contributed by atoms with Crippen molar-refractivity contribution in [1.82, 2.24) is 0 Å². The molecule has 0 bridgehead atoms. The minimum absolute atomic E-state index is 0.0105. The molecule has 84 valence electrons. The molecule has 4 heteroatoms. The second-order valence-electron chi connectivity index (χ2n) is 4.01. The SMILES string of the molecule is Cc1ccc2c(c1)oc1c([N+](=O)[O-])cccc12. The van der Waals surface area contributed by atoms with Gasteiger partial charge in [0, 0.05) is 16.8 Å². The molecule has 3 rings (SSSR count). The predicted molar refractivity (Wildman–Crippen MR) is 65.1 cm³/mol. The minimum atomic E-state index is -0.419. The first-order valence-corrected chi connectivity index (χ1v) is 5.23. The fourth-order valence-electron chi connectivity index (χ4n) is 2.03. The number of non-ortho nitro benzene ring substituents is 1. The Labute approximate surface area is 96.6 Å². The summed E-state index contributed by atoms with van der Waals surface area (Å²) in [6.45, 7) is 1.96. The molecule has 1 heterocycles. The summed E-state index contributed by atoms with van der Waals surface area (Å²) in [5.74, 6) is 0. The van der Waals surface area contributed by atoms with Crippen LogP contribution in [0.2, 0.25) is 0 Å². The Bertz CT molecular complexity index is 743. The van der Waals surface area contributed by atoms with Crippen molar-refractivity contribution in [2.75, 3.05) is 0 Å². The van der Waals surface area contributed by atoms with Crippen molar-refractivity contribution in [3.05, 3.63) is 52.1 Å². The molecule has 0 aliphatic heterocycles. The van der Waals surface area contributed by atoms with Crippen molar-refractivity contribution in [2.45, 2.75) is 6.92 Å². The first-order valence-electron chi connectivity index (χ1n) is 5.23.